The van der Waals surface area contributed by atoms with E-state index in [1.165, 1.54) is 12.1 Å². The van der Waals surface area contributed by atoms with Gasteiger partial charge in [-0.2, -0.15) is 0 Å². The zero-order valence-electron chi connectivity index (χ0n) is 15.3. The summed E-state index contributed by atoms with van der Waals surface area (Å²) in [5.74, 6) is -0.285. The van der Waals surface area contributed by atoms with Crippen LogP contribution in [0.1, 0.15) is 15.9 Å². The fraction of sp³-hybridized carbons (Fsp3) is 0.0952. The first-order valence-electron chi connectivity index (χ1n) is 8.55. The molecule has 3 aromatic carbocycles. The molecule has 3 rings (SSSR count). The zero-order chi connectivity index (χ0) is 20.0. The predicted octanol–water partition coefficient (Wildman–Crippen LogP) is 3.89. The molecule has 144 valence electrons. The van der Waals surface area contributed by atoms with E-state index in [2.05, 4.69) is 10.0 Å². The number of hydrogen-bond acceptors (Lipinski definition) is 4. The van der Waals surface area contributed by atoms with Gasteiger partial charge in [0.05, 0.1) is 11.5 Å². The molecule has 2 N–H and O–H groups in total. The SMILES string of the molecule is COCc1cccc(NC(=O)c2ccc(NS(=O)(=O)c3ccccc3)cc2)c1. The summed E-state index contributed by atoms with van der Waals surface area (Å²) in [7, 11) is -2.06. The minimum atomic E-state index is -3.67. The third-order valence-electron chi connectivity index (χ3n) is 3.95. The topological polar surface area (TPSA) is 84.5 Å². The lowest BCUT2D eigenvalue weighted by Crippen LogP contribution is -2.14. The van der Waals surface area contributed by atoms with E-state index in [-0.39, 0.29) is 10.8 Å². The van der Waals surface area contributed by atoms with E-state index in [0.29, 0.717) is 23.5 Å². The van der Waals surface area contributed by atoms with Crippen LogP contribution in [-0.4, -0.2) is 21.4 Å². The Hall–Kier alpha value is -3.16. The van der Waals surface area contributed by atoms with Crippen molar-refractivity contribution in [3.8, 4) is 0 Å². The number of amides is 1. The second-order valence-corrected chi connectivity index (χ2v) is 7.77. The van der Waals surface area contributed by atoms with E-state index >= 15 is 0 Å². The fourth-order valence-corrected chi connectivity index (χ4v) is 3.69. The highest BCUT2D eigenvalue weighted by Gasteiger charge is 2.14. The summed E-state index contributed by atoms with van der Waals surface area (Å²) in [5, 5.41) is 2.82. The van der Waals surface area contributed by atoms with Crippen molar-refractivity contribution in [1.82, 2.24) is 0 Å². The van der Waals surface area contributed by atoms with Gasteiger partial charge in [-0.3, -0.25) is 9.52 Å². The summed E-state index contributed by atoms with van der Waals surface area (Å²) in [6.45, 7) is 0.458. The van der Waals surface area contributed by atoms with Crippen molar-refractivity contribution < 1.29 is 17.9 Å². The second-order valence-electron chi connectivity index (χ2n) is 6.08. The third-order valence-corrected chi connectivity index (χ3v) is 5.35. The van der Waals surface area contributed by atoms with Gasteiger partial charge >= 0.3 is 0 Å². The lowest BCUT2D eigenvalue weighted by molar-refractivity contribution is 0.102. The first-order chi connectivity index (χ1) is 13.5. The normalized spacial score (nSPS) is 11.0. The Labute approximate surface area is 164 Å². The summed E-state index contributed by atoms with van der Waals surface area (Å²) in [4.78, 5) is 12.6. The van der Waals surface area contributed by atoms with Crippen molar-refractivity contribution in [3.63, 3.8) is 0 Å². The van der Waals surface area contributed by atoms with Crippen LogP contribution in [0.4, 0.5) is 11.4 Å². The van der Waals surface area contributed by atoms with Crippen LogP contribution in [0.2, 0.25) is 0 Å². The lowest BCUT2D eigenvalue weighted by Gasteiger charge is -2.10. The van der Waals surface area contributed by atoms with Crippen LogP contribution in [-0.2, 0) is 21.4 Å². The molecule has 3 aromatic rings. The molecule has 28 heavy (non-hydrogen) atoms. The van der Waals surface area contributed by atoms with Crippen molar-refractivity contribution in [3.05, 3.63) is 90.0 Å². The zero-order valence-corrected chi connectivity index (χ0v) is 16.1. The molecule has 0 bridgehead atoms. The molecule has 0 fully saturated rings. The number of benzene rings is 3. The average molecular weight is 396 g/mol. The van der Waals surface area contributed by atoms with Crippen LogP contribution in [0.15, 0.2) is 83.8 Å². The molecule has 0 saturated carbocycles. The Morgan fingerprint density at radius 1 is 0.893 bits per heavy atom. The first-order valence-corrected chi connectivity index (χ1v) is 10.0. The quantitative estimate of drug-likeness (QED) is 0.635. The largest absolute Gasteiger partial charge is 0.380 e. The van der Waals surface area contributed by atoms with Crippen LogP contribution in [0.5, 0.6) is 0 Å². The number of ether oxygens (including phenoxy) is 1. The molecule has 0 radical (unpaired) electrons. The van der Waals surface area contributed by atoms with Crippen molar-refractivity contribution in [1.29, 1.82) is 0 Å². The van der Waals surface area contributed by atoms with Gasteiger partial charge in [0.25, 0.3) is 15.9 Å². The predicted molar refractivity (Wildman–Crippen MR) is 109 cm³/mol. The van der Waals surface area contributed by atoms with Gasteiger partial charge < -0.3 is 10.1 Å². The molecule has 6 nitrogen and oxygen atoms in total. The maximum atomic E-state index is 12.4. The molecule has 0 aliphatic rings. The monoisotopic (exact) mass is 396 g/mol. The van der Waals surface area contributed by atoms with Gasteiger partial charge in [0.15, 0.2) is 0 Å². The van der Waals surface area contributed by atoms with E-state index in [9.17, 15) is 13.2 Å². The minimum Gasteiger partial charge on any atom is -0.380 e. The Kier molecular flexibility index (Phi) is 6.08. The van der Waals surface area contributed by atoms with E-state index in [1.54, 1.807) is 55.6 Å². The molecule has 0 heterocycles. The van der Waals surface area contributed by atoms with Crippen LogP contribution >= 0.6 is 0 Å². The Morgan fingerprint density at radius 2 is 1.61 bits per heavy atom. The van der Waals surface area contributed by atoms with Gasteiger partial charge in [-0.05, 0) is 54.1 Å². The van der Waals surface area contributed by atoms with Gasteiger partial charge in [0.2, 0.25) is 0 Å². The van der Waals surface area contributed by atoms with Crippen LogP contribution in [0.3, 0.4) is 0 Å². The molecule has 0 aliphatic carbocycles. The summed E-state index contributed by atoms with van der Waals surface area (Å²) in [5.41, 5.74) is 2.40. The number of rotatable bonds is 7. The number of carbonyl (C=O) groups excluding carboxylic acids is 1. The molecule has 7 heteroatoms. The smallest absolute Gasteiger partial charge is 0.261 e. The van der Waals surface area contributed by atoms with E-state index in [1.807, 2.05) is 18.2 Å². The lowest BCUT2D eigenvalue weighted by atomic mass is 10.1. The number of carbonyl (C=O) groups is 1. The molecule has 1 amide bonds. The summed E-state index contributed by atoms with van der Waals surface area (Å²) in [6.07, 6.45) is 0. The van der Waals surface area contributed by atoms with Gasteiger partial charge in [0, 0.05) is 24.0 Å². The van der Waals surface area contributed by atoms with Crippen molar-refractivity contribution in [2.45, 2.75) is 11.5 Å². The molecule has 0 saturated heterocycles. The van der Waals surface area contributed by atoms with Gasteiger partial charge in [0.1, 0.15) is 0 Å². The summed E-state index contributed by atoms with van der Waals surface area (Å²) in [6, 6.07) is 21.7. The van der Waals surface area contributed by atoms with Crippen molar-refractivity contribution >= 4 is 27.3 Å². The Bertz CT molecular complexity index is 1050. The molecule has 0 atom stereocenters. The Morgan fingerprint density at radius 3 is 2.29 bits per heavy atom. The summed E-state index contributed by atoms with van der Waals surface area (Å²) >= 11 is 0. The number of sulfonamides is 1. The van der Waals surface area contributed by atoms with Crippen LogP contribution in [0.25, 0.3) is 0 Å². The maximum Gasteiger partial charge on any atom is 0.261 e. The number of anilines is 2. The van der Waals surface area contributed by atoms with Crippen LogP contribution < -0.4 is 10.0 Å². The van der Waals surface area contributed by atoms with Crippen molar-refractivity contribution in [2.75, 3.05) is 17.1 Å². The highest BCUT2D eigenvalue weighted by atomic mass is 32.2. The standard InChI is InChI=1S/C21H20N2O4S/c1-27-15-16-6-5-7-19(14-16)22-21(24)17-10-12-18(13-11-17)23-28(25,26)20-8-3-2-4-9-20/h2-14,23H,15H2,1H3,(H,22,24). The second kappa shape index (κ2) is 8.69. The van der Waals surface area contributed by atoms with Gasteiger partial charge in [-0.1, -0.05) is 30.3 Å². The highest BCUT2D eigenvalue weighted by Crippen LogP contribution is 2.18. The van der Waals surface area contributed by atoms with Crippen molar-refractivity contribution in [2.24, 2.45) is 0 Å². The first kappa shape index (κ1) is 19.6. The number of methoxy groups -OCH3 is 1. The Balaban J connectivity index is 1.68. The average Bonchev–Trinajstić information content (AvgIpc) is 2.69. The molecule has 0 unspecified atom stereocenters. The van der Waals surface area contributed by atoms with Crippen LogP contribution in [0, 0.1) is 0 Å². The molecule has 0 aliphatic heterocycles. The molecule has 0 spiro atoms. The molecular weight excluding hydrogens is 376 g/mol. The number of hydrogen-bond donors (Lipinski definition) is 2. The number of nitrogens with one attached hydrogen (secondary N) is 2. The fourth-order valence-electron chi connectivity index (χ4n) is 2.61. The maximum absolute atomic E-state index is 12.4. The van der Waals surface area contributed by atoms with Gasteiger partial charge in [-0.15, -0.1) is 0 Å². The molecular formula is C21H20N2O4S. The third kappa shape index (κ3) is 4.97. The van der Waals surface area contributed by atoms with E-state index < -0.39 is 10.0 Å². The molecule has 0 aromatic heterocycles. The summed E-state index contributed by atoms with van der Waals surface area (Å²) < 4.78 is 32.3. The minimum absolute atomic E-state index is 0.174. The van der Waals surface area contributed by atoms with Gasteiger partial charge in [-0.25, -0.2) is 8.42 Å². The van der Waals surface area contributed by atoms with E-state index in [4.69, 9.17) is 4.74 Å². The van der Waals surface area contributed by atoms with E-state index in [0.717, 1.165) is 5.56 Å². The highest BCUT2D eigenvalue weighted by molar-refractivity contribution is 7.92.